The van der Waals surface area contributed by atoms with Gasteiger partial charge in [-0.15, -0.1) is 11.3 Å². The van der Waals surface area contributed by atoms with Gasteiger partial charge < -0.3 is 29.2 Å². The lowest BCUT2D eigenvalue weighted by atomic mass is 10.0. The Labute approximate surface area is 296 Å². The third-order valence-electron chi connectivity index (χ3n) is 8.15. The number of hydrogen-bond acceptors (Lipinski definition) is 9. The first kappa shape index (κ1) is 40.0. The maximum atomic E-state index is 13.9. The third kappa shape index (κ3) is 14.1. The quantitative estimate of drug-likeness (QED) is 0.0896. The van der Waals surface area contributed by atoms with Gasteiger partial charge in [-0.1, -0.05) is 24.6 Å². The molecule has 2 aromatic carbocycles. The van der Waals surface area contributed by atoms with Crippen molar-refractivity contribution in [2.75, 3.05) is 45.3 Å². The van der Waals surface area contributed by atoms with Crippen molar-refractivity contribution < 1.29 is 33.3 Å². The zero-order valence-electron chi connectivity index (χ0n) is 30.5. The van der Waals surface area contributed by atoms with Gasteiger partial charge in [0.05, 0.1) is 6.61 Å². The molecule has 3 aromatic rings. The summed E-state index contributed by atoms with van der Waals surface area (Å²) >= 11 is 1.73. The van der Waals surface area contributed by atoms with Gasteiger partial charge in [0, 0.05) is 37.1 Å². The van der Waals surface area contributed by atoms with E-state index in [9.17, 15) is 14.4 Å². The first-order chi connectivity index (χ1) is 23.4. The van der Waals surface area contributed by atoms with Crippen LogP contribution < -0.4 is 5.32 Å². The molecule has 0 radical (unpaired) electrons. The van der Waals surface area contributed by atoms with Crippen LogP contribution in [0.15, 0.2) is 47.8 Å². The van der Waals surface area contributed by atoms with Crippen LogP contribution in [0.1, 0.15) is 82.9 Å². The highest BCUT2D eigenvalue weighted by molar-refractivity contribution is 7.17. The van der Waals surface area contributed by atoms with Crippen LogP contribution >= 0.6 is 11.3 Å². The smallest absolute Gasteiger partial charge is 0.339 e. The number of thiophene rings is 1. The van der Waals surface area contributed by atoms with Crippen molar-refractivity contribution in [1.29, 1.82) is 0 Å². The van der Waals surface area contributed by atoms with Gasteiger partial charge >= 0.3 is 11.9 Å². The second-order valence-corrected chi connectivity index (χ2v) is 14.5. The van der Waals surface area contributed by atoms with Crippen molar-refractivity contribution in [2.45, 2.75) is 104 Å². The molecule has 2 atom stereocenters. The van der Waals surface area contributed by atoms with Crippen LogP contribution in [0.25, 0.3) is 10.1 Å². The molecule has 0 fully saturated rings. The number of carbonyl (C=O) groups excluding carboxylic acids is 3. The number of benzene rings is 2. The van der Waals surface area contributed by atoms with Gasteiger partial charge in [0.15, 0.2) is 12.2 Å². The number of hydrogen-bond donors (Lipinski definition) is 1. The van der Waals surface area contributed by atoms with E-state index < -0.39 is 42.3 Å². The minimum Gasteiger partial charge on any atom is -0.464 e. The van der Waals surface area contributed by atoms with Crippen molar-refractivity contribution in [1.82, 2.24) is 4.90 Å². The van der Waals surface area contributed by atoms with Crippen molar-refractivity contribution >= 4 is 45.0 Å². The fourth-order valence-electron chi connectivity index (χ4n) is 5.35. The Balaban J connectivity index is 1.58. The van der Waals surface area contributed by atoms with Gasteiger partial charge in [0.25, 0.3) is 5.91 Å². The van der Waals surface area contributed by atoms with Crippen LogP contribution in [-0.2, 0) is 39.8 Å². The Morgan fingerprint density at radius 2 is 1.65 bits per heavy atom. The predicted octanol–water partition coefficient (Wildman–Crippen LogP) is 7.65. The zero-order chi connectivity index (χ0) is 35.8. The number of nitrogens with zero attached hydrogens (tertiary/aromatic N) is 1. The van der Waals surface area contributed by atoms with Gasteiger partial charge in [-0.2, -0.15) is 0 Å². The summed E-state index contributed by atoms with van der Waals surface area (Å²) < 4.78 is 23.8. The van der Waals surface area contributed by atoms with Crippen LogP contribution in [0, 0.1) is 13.8 Å². The largest absolute Gasteiger partial charge is 0.464 e. The zero-order valence-corrected chi connectivity index (χ0v) is 31.3. The van der Waals surface area contributed by atoms with E-state index >= 15 is 0 Å². The highest BCUT2D eigenvalue weighted by Crippen LogP contribution is 2.24. The molecule has 0 saturated heterocycles. The maximum Gasteiger partial charge on any atom is 0.339 e. The molecule has 1 heterocycles. The van der Waals surface area contributed by atoms with Crippen molar-refractivity contribution in [2.24, 2.45) is 0 Å². The van der Waals surface area contributed by atoms with E-state index in [4.69, 9.17) is 18.9 Å². The van der Waals surface area contributed by atoms with Gasteiger partial charge in [0.2, 0.25) is 0 Å². The number of likely N-dealkylation sites (N-methyl/N-ethyl adjacent to an activating group) is 1. The Hall–Kier alpha value is -3.47. The van der Waals surface area contributed by atoms with Crippen LogP contribution in [-0.4, -0.2) is 80.5 Å². The van der Waals surface area contributed by atoms with E-state index in [1.165, 1.54) is 26.8 Å². The molecule has 3 rings (SSSR count). The highest BCUT2D eigenvalue weighted by Gasteiger charge is 2.40. The summed E-state index contributed by atoms with van der Waals surface area (Å²) in [6, 6.07) is 15.1. The molecule has 0 aliphatic carbocycles. The molecular weight excluding hydrogens is 641 g/mol. The SMILES string of the molecule is CCOC(=O)CO[C@@H](C(=O)OC(C)(C)C)[C@@H](OCCCCCc1ccc(C)c(C)c1)C(=O)N(C)CCCCCNc1ccc2sccc2c1. The summed E-state index contributed by atoms with van der Waals surface area (Å²) in [5, 5.41) is 6.82. The minimum absolute atomic E-state index is 0.169. The van der Waals surface area contributed by atoms with Gasteiger partial charge in [-0.25, -0.2) is 9.59 Å². The normalized spacial score (nSPS) is 12.8. The molecule has 0 spiro atoms. The molecule has 49 heavy (non-hydrogen) atoms. The van der Waals surface area contributed by atoms with Gasteiger partial charge in [-0.3, -0.25) is 4.79 Å². The van der Waals surface area contributed by atoms with Crippen LogP contribution in [0.3, 0.4) is 0 Å². The van der Waals surface area contributed by atoms with Crippen LogP contribution in [0.4, 0.5) is 5.69 Å². The Bertz CT molecular complexity index is 1480. The third-order valence-corrected chi connectivity index (χ3v) is 9.05. The Kier molecular flexibility index (Phi) is 16.5. The molecular formula is C39H56N2O7S. The van der Waals surface area contributed by atoms with Crippen molar-refractivity contribution in [3.8, 4) is 0 Å². The lowest BCUT2D eigenvalue weighted by Gasteiger charge is -2.31. The van der Waals surface area contributed by atoms with Crippen molar-refractivity contribution in [3.05, 3.63) is 64.5 Å². The van der Waals surface area contributed by atoms with Crippen molar-refractivity contribution in [3.63, 3.8) is 0 Å². The summed E-state index contributed by atoms with van der Waals surface area (Å²) in [5.74, 6) is -1.78. The van der Waals surface area contributed by atoms with E-state index in [0.29, 0.717) is 13.0 Å². The number of esters is 2. The summed E-state index contributed by atoms with van der Waals surface area (Å²) in [7, 11) is 1.70. The summed E-state index contributed by atoms with van der Waals surface area (Å²) in [4.78, 5) is 41.0. The van der Waals surface area contributed by atoms with E-state index in [1.807, 2.05) is 0 Å². The molecule has 1 aromatic heterocycles. The number of carbonyl (C=O) groups is 3. The van der Waals surface area contributed by atoms with E-state index in [-0.39, 0.29) is 13.2 Å². The summed E-state index contributed by atoms with van der Waals surface area (Å²) in [6.07, 6.45) is 3.43. The number of rotatable bonds is 21. The fraction of sp³-hybridized carbons (Fsp3) is 0.564. The molecule has 0 bridgehead atoms. The summed E-state index contributed by atoms with van der Waals surface area (Å²) in [5.41, 5.74) is 4.12. The lowest BCUT2D eigenvalue weighted by molar-refractivity contribution is -0.187. The number of nitrogens with one attached hydrogen (secondary N) is 1. The maximum absolute atomic E-state index is 13.9. The number of fused-ring (bicyclic) bond motifs is 1. The molecule has 1 amide bonds. The predicted molar refractivity (Wildman–Crippen MR) is 197 cm³/mol. The molecule has 1 N–H and O–H groups in total. The second-order valence-electron chi connectivity index (χ2n) is 13.5. The molecule has 0 unspecified atom stereocenters. The molecule has 0 aliphatic heterocycles. The number of ether oxygens (including phenoxy) is 4. The van der Waals surface area contributed by atoms with Gasteiger partial charge in [0.1, 0.15) is 12.2 Å². The first-order valence-electron chi connectivity index (χ1n) is 17.5. The summed E-state index contributed by atoms with van der Waals surface area (Å²) in [6.45, 7) is 12.4. The molecule has 270 valence electrons. The number of anilines is 1. The lowest BCUT2D eigenvalue weighted by Crippen LogP contribution is -2.51. The average Bonchev–Trinajstić information content (AvgIpc) is 3.52. The fourth-order valence-corrected chi connectivity index (χ4v) is 6.12. The minimum atomic E-state index is -1.43. The number of unbranched alkanes of at least 4 members (excludes halogenated alkanes) is 4. The second kappa shape index (κ2) is 20.3. The van der Waals surface area contributed by atoms with Crippen LogP contribution in [0.2, 0.25) is 0 Å². The van der Waals surface area contributed by atoms with E-state index in [0.717, 1.165) is 50.8 Å². The standard InChI is InChI=1S/C39H56N2O7S/c1-8-45-34(42)27-47-36(38(44)48-39(4,5)6)35(46-23-14-9-11-15-30-17-16-28(2)29(3)25-30)37(43)41(7)22-13-10-12-21-40-32-18-19-33-31(26-32)20-24-49-33/h16-20,24-26,35-36,40H,8-15,21-23,27H2,1-7H3/t35-,36-/m1/s1. The van der Waals surface area contributed by atoms with Gasteiger partial charge in [-0.05, 0) is 132 Å². The Morgan fingerprint density at radius 1 is 0.878 bits per heavy atom. The number of amides is 1. The molecule has 9 nitrogen and oxygen atoms in total. The molecule has 10 heteroatoms. The first-order valence-corrected chi connectivity index (χ1v) is 18.4. The van der Waals surface area contributed by atoms with E-state index in [1.54, 1.807) is 51.0 Å². The topological polar surface area (TPSA) is 103 Å². The average molecular weight is 697 g/mol. The highest BCUT2D eigenvalue weighted by atomic mass is 32.1. The molecule has 0 saturated carbocycles. The monoisotopic (exact) mass is 696 g/mol. The van der Waals surface area contributed by atoms with E-state index in [2.05, 4.69) is 67.0 Å². The van der Waals surface area contributed by atoms with Crippen LogP contribution in [0.5, 0.6) is 0 Å². The number of aryl methyl sites for hydroxylation is 3. The Morgan fingerprint density at radius 3 is 2.39 bits per heavy atom. The molecule has 0 aliphatic rings.